The van der Waals surface area contributed by atoms with Gasteiger partial charge in [0, 0.05) is 5.69 Å². The van der Waals surface area contributed by atoms with E-state index in [0.29, 0.717) is 17.2 Å². The maximum Gasteiger partial charge on any atom is 0.341 e. The molecule has 0 aliphatic carbocycles. The van der Waals surface area contributed by atoms with E-state index >= 15 is 0 Å². The molecule has 0 saturated carbocycles. The van der Waals surface area contributed by atoms with Crippen molar-refractivity contribution in [2.45, 2.75) is 6.92 Å². The molecule has 0 saturated heterocycles. The monoisotopic (exact) mass is 269 g/mol. The summed E-state index contributed by atoms with van der Waals surface area (Å²) in [5, 5.41) is 11.3. The fourth-order valence-electron chi connectivity index (χ4n) is 1.33. The predicted octanol–water partition coefficient (Wildman–Crippen LogP) is 1.76. The Morgan fingerprint density at radius 2 is 2.17 bits per heavy atom. The summed E-state index contributed by atoms with van der Waals surface area (Å²) in [7, 11) is 0. The predicted molar refractivity (Wildman–Crippen MR) is 71.3 cm³/mol. The number of carbonyl (C=O) groups excluding carboxylic acids is 1. The number of nitrogens with one attached hydrogen (secondary N) is 1. The quantitative estimate of drug-likeness (QED) is 0.823. The molecule has 0 fully saturated rings. The third kappa shape index (κ3) is 4.67. The summed E-state index contributed by atoms with van der Waals surface area (Å²) in [5.41, 5.74) is 1.53. The molecule has 1 rings (SSSR count). The first kappa shape index (κ1) is 14.4. The van der Waals surface area contributed by atoms with Gasteiger partial charge >= 0.3 is 5.97 Å². The van der Waals surface area contributed by atoms with E-state index < -0.39 is 5.97 Å². The summed E-state index contributed by atoms with van der Waals surface area (Å²) in [5.74, 6) is -0.218. The van der Waals surface area contributed by atoms with Gasteiger partial charge in [-0.1, -0.05) is 0 Å². The van der Waals surface area contributed by atoms with Gasteiger partial charge in [0.25, 0.3) is 0 Å². The number of hydrogen-bond acceptors (Lipinski definition) is 4. The SMILES string of the molecule is CSCC(=O)Nc1ccc(OCC(=O)O)cc1C. The van der Waals surface area contributed by atoms with E-state index in [1.165, 1.54) is 11.8 Å². The lowest BCUT2D eigenvalue weighted by atomic mass is 10.2. The second-order valence-electron chi connectivity index (χ2n) is 3.64. The summed E-state index contributed by atoms with van der Waals surface area (Å²) in [6, 6.07) is 5.02. The first-order chi connectivity index (χ1) is 8.52. The van der Waals surface area contributed by atoms with Gasteiger partial charge in [0.15, 0.2) is 6.61 Å². The third-order valence-electron chi connectivity index (χ3n) is 2.11. The van der Waals surface area contributed by atoms with Gasteiger partial charge in [0.1, 0.15) is 5.75 Å². The van der Waals surface area contributed by atoms with Crippen LogP contribution in [0.1, 0.15) is 5.56 Å². The molecule has 0 radical (unpaired) electrons. The number of hydrogen-bond donors (Lipinski definition) is 2. The number of rotatable bonds is 6. The molecule has 5 nitrogen and oxygen atoms in total. The van der Waals surface area contributed by atoms with Crippen molar-refractivity contribution in [2.24, 2.45) is 0 Å². The van der Waals surface area contributed by atoms with Crippen LogP contribution >= 0.6 is 11.8 Å². The van der Waals surface area contributed by atoms with Crippen molar-refractivity contribution in [1.82, 2.24) is 0 Å². The largest absolute Gasteiger partial charge is 0.482 e. The van der Waals surface area contributed by atoms with Crippen LogP contribution < -0.4 is 10.1 Å². The molecule has 1 amide bonds. The summed E-state index contributed by atoms with van der Waals surface area (Å²) in [6.07, 6.45) is 1.86. The fraction of sp³-hybridized carbons (Fsp3) is 0.333. The van der Waals surface area contributed by atoms with Crippen LogP contribution in [0.15, 0.2) is 18.2 Å². The molecule has 0 atom stereocenters. The number of amides is 1. The van der Waals surface area contributed by atoms with Crippen LogP contribution in [-0.2, 0) is 9.59 Å². The number of carbonyl (C=O) groups is 2. The molecule has 0 heterocycles. The molecular weight excluding hydrogens is 254 g/mol. The first-order valence-corrected chi connectivity index (χ1v) is 6.66. The second kappa shape index (κ2) is 6.90. The molecule has 1 aromatic rings. The van der Waals surface area contributed by atoms with Gasteiger partial charge in [-0.3, -0.25) is 4.79 Å². The van der Waals surface area contributed by atoms with Crippen molar-refractivity contribution in [3.05, 3.63) is 23.8 Å². The smallest absolute Gasteiger partial charge is 0.341 e. The van der Waals surface area contributed by atoms with Crippen molar-refractivity contribution >= 4 is 29.3 Å². The number of anilines is 1. The number of carboxylic acid groups (broad SMARTS) is 1. The Hall–Kier alpha value is -1.69. The lowest BCUT2D eigenvalue weighted by Crippen LogP contribution is -2.14. The van der Waals surface area contributed by atoms with Gasteiger partial charge in [-0.15, -0.1) is 0 Å². The van der Waals surface area contributed by atoms with E-state index in [4.69, 9.17) is 9.84 Å². The van der Waals surface area contributed by atoms with Crippen LogP contribution in [0, 0.1) is 6.92 Å². The average Bonchev–Trinajstić information content (AvgIpc) is 2.30. The standard InChI is InChI=1S/C12H15NO4S/c1-8-5-9(17-6-12(15)16)3-4-10(8)13-11(14)7-18-2/h3-5H,6-7H2,1-2H3,(H,13,14)(H,15,16). The maximum absolute atomic E-state index is 11.4. The van der Waals surface area contributed by atoms with Gasteiger partial charge in [0.05, 0.1) is 5.75 Å². The minimum Gasteiger partial charge on any atom is -0.482 e. The third-order valence-corrected chi connectivity index (χ3v) is 2.66. The van der Waals surface area contributed by atoms with Crippen LogP contribution in [0.3, 0.4) is 0 Å². The molecule has 98 valence electrons. The van der Waals surface area contributed by atoms with Crippen LogP contribution in [0.5, 0.6) is 5.75 Å². The van der Waals surface area contributed by atoms with Gasteiger partial charge in [-0.05, 0) is 36.9 Å². The number of ether oxygens (including phenoxy) is 1. The molecule has 6 heteroatoms. The van der Waals surface area contributed by atoms with Crippen molar-refractivity contribution in [3.63, 3.8) is 0 Å². The Balaban J connectivity index is 2.67. The zero-order valence-electron chi connectivity index (χ0n) is 10.2. The van der Waals surface area contributed by atoms with E-state index in [1.54, 1.807) is 18.2 Å². The van der Waals surface area contributed by atoms with Crippen LogP contribution in [0.4, 0.5) is 5.69 Å². The van der Waals surface area contributed by atoms with E-state index in [1.807, 2.05) is 13.2 Å². The normalized spacial score (nSPS) is 9.89. The molecule has 0 bridgehead atoms. The summed E-state index contributed by atoms with van der Waals surface area (Å²) in [4.78, 5) is 21.8. The minimum absolute atomic E-state index is 0.0650. The molecule has 1 aromatic carbocycles. The number of carboxylic acids is 1. The number of benzene rings is 1. The van der Waals surface area contributed by atoms with E-state index in [0.717, 1.165) is 5.56 Å². The van der Waals surface area contributed by atoms with E-state index in [9.17, 15) is 9.59 Å². The first-order valence-electron chi connectivity index (χ1n) is 5.27. The van der Waals surface area contributed by atoms with Crippen LogP contribution in [0.25, 0.3) is 0 Å². The molecule has 18 heavy (non-hydrogen) atoms. The lowest BCUT2D eigenvalue weighted by molar-refractivity contribution is -0.139. The highest BCUT2D eigenvalue weighted by Crippen LogP contribution is 2.21. The van der Waals surface area contributed by atoms with Crippen LogP contribution in [-0.4, -0.2) is 35.6 Å². The Kier molecular flexibility index (Phi) is 5.51. The van der Waals surface area contributed by atoms with Crippen molar-refractivity contribution < 1.29 is 19.4 Å². The zero-order valence-corrected chi connectivity index (χ0v) is 11.0. The summed E-state index contributed by atoms with van der Waals surface area (Å²) in [6.45, 7) is 1.44. The molecule has 0 aromatic heterocycles. The second-order valence-corrected chi connectivity index (χ2v) is 4.51. The van der Waals surface area contributed by atoms with Crippen molar-refractivity contribution in [2.75, 3.05) is 23.9 Å². The van der Waals surface area contributed by atoms with Gasteiger partial charge < -0.3 is 15.2 Å². The average molecular weight is 269 g/mol. The van der Waals surface area contributed by atoms with Crippen LogP contribution in [0.2, 0.25) is 0 Å². The number of thioether (sulfide) groups is 1. The lowest BCUT2D eigenvalue weighted by Gasteiger charge is -2.10. The van der Waals surface area contributed by atoms with Crippen molar-refractivity contribution in [1.29, 1.82) is 0 Å². The van der Waals surface area contributed by atoms with Gasteiger partial charge in [-0.25, -0.2) is 4.79 Å². The highest BCUT2D eigenvalue weighted by molar-refractivity contribution is 7.99. The van der Waals surface area contributed by atoms with Crippen molar-refractivity contribution in [3.8, 4) is 5.75 Å². The van der Waals surface area contributed by atoms with E-state index in [2.05, 4.69) is 5.32 Å². The summed E-state index contributed by atoms with van der Waals surface area (Å²) >= 11 is 1.45. The zero-order chi connectivity index (χ0) is 13.5. The summed E-state index contributed by atoms with van der Waals surface area (Å²) < 4.78 is 5.04. The molecule has 0 aliphatic heterocycles. The Morgan fingerprint density at radius 1 is 1.44 bits per heavy atom. The molecule has 2 N–H and O–H groups in total. The molecule has 0 unspecified atom stereocenters. The fourth-order valence-corrected chi connectivity index (χ4v) is 1.66. The topological polar surface area (TPSA) is 75.6 Å². The highest BCUT2D eigenvalue weighted by Gasteiger charge is 2.06. The number of aliphatic carboxylic acids is 1. The molecule has 0 aliphatic rings. The maximum atomic E-state index is 11.4. The molecular formula is C12H15NO4S. The Labute approximate surface area is 110 Å². The Morgan fingerprint density at radius 3 is 2.72 bits per heavy atom. The van der Waals surface area contributed by atoms with Gasteiger partial charge in [-0.2, -0.15) is 11.8 Å². The van der Waals surface area contributed by atoms with Gasteiger partial charge in [0.2, 0.25) is 5.91 Å². The highest BCUT2D eigenvalue weighted by atomic mass is 32.2. The molecule has 0 spiro atoms. The Bertz CT molecular complexity index is 448. The minimum atomic E-state index is -1.02. The van der Waals surface area contributed by atoms with E-state index in [-0.39, 0.29) is 12.5 Å². The number of aryl methyl sites for hydroxylation is 1.